The summed E-state index contributed by atoms with van der Waals surface area (Å²) in [6.07, 6.45) is 0.0692. The predicted molar refractivity (Wildman–Crippen MR) is 91.6 cm³/mol. The lowest BCUT2D eigenvalue weighted by Gasteiger charge is -2.24. The van der Waals surface area contributed by atoms with E-state index in [1.54, 1.807) is 4.90 Å². The summed E-state index contributed by atoms with van der Waals surface area (Å²) in [5, 5.41) is 12.5. The predicted octanol–water partition coefficient (Wildman–Crippen LogP) is 1.82. The molecule has 124 valence electrons. The zero-order chi connectivity index (χ0) is 15.2. The van der Waals surface area contributed by atoms with Gasteiger partial charge in [0.2, 0.25) is 5.91 Å². The van der Waals surface area contributed by atoms with Crippen LogP contribution in [0.2, 0.25) is 0 Å². The number of halogens is 2. The van der Waals surface area contributed by atoms with Crippen LogP contribution >= 0.6 is 28.3 Å². The summed E-state index contributed by atoms with van der Waals surface area (Å²) in [4.78, 5) is 14.1. The summed E-state index contributed by atoms with van der Waals surface area (Å²) in [6.45, 7) is 4.07. The molecular weight excluding hydrogens is 372 g/mol. The quantitative estimate of drug-likeness (QED) is 0.774. The van der Waals surface area contributed by atoms with Crippen molar-refractivity contribution in [3.05, 3.63) is 28.7 Å². The van der Waals surface area contributed by atoms with Crippen molar-refractivity contribution < 1.29 is 14.6 Å². The fraction of sp³-hybridized carbons (Fsp3) is 0.533. The first kappa shape index (κ1) is 19.2. The van der Waals surface area contributed by atoms with Crippen LogP contribution in [0.4, 0.5) is 0 Å². The van der Waals surface area contributed by atoms with Gasteiger partial charge < -0.3 is 20.1 Å². The molecule has 1 aliphatic rings. The van der Waals surface area contributed by atoms with Crippen molar-refractivity contribution in [2.45, 2.75) is 25.5 Å². The molecule has 0 radical (unpaired) electrons. The third-order valence-corrected chi connectivity index (χ3v) is 4.07. The number of amides is 1. The zero-order valence-electron chi connectivity index (χ0n) is 12.5. The van der Waals surface area contributed by atoms with Crippen molar-refractivity contribution in [1.29, 1.82) is 0 Å². The maximum absolute atomic E-state index is 12.3. The topological polar surface area (TPSA) is 61.8 Å². The van der Waals surface area contributed by atoms with E-state index in [-0.39, 0.29) is 24.4 Å². The van der Waals surface area contributed by atoms with Crippen LogP contribution in [-0.4, -0.2) is 54.3 Å². The first-order valence-electron chi connectivity index (χ1n) is 7.18. The summed E-state index contributed by atoms with van der Waals surface area (Å²) in [7, 11) is 0. The molecule has 1 saturated heterocycles. The molecule has 0 spiro atoms. The van der Waals surface area contributed by atoms with E-state index in [9.17, 15) is 9.90 Å². The van der Waals surface area contributed by atoms with Gasteiger partial charge in [-0.25, -0.2) is 0 Å². The van der Waals surface area contributed by atoms with Crippen LogP contribution in [0, 0.1) is 0 Å². The number of benzene rings is 1. The van der Waals surface area contributed by atoms with Crippen molar-refractivity contribution in [3.63, 3.8) is 0 Å². The minimum absolute atomic E-state index is 0. The molecule has 5 nitrogen and oxygen atoms in total. The Kier molecular flexibility index (Phi) is 8.17. The Morgan fingerprint density at radius 3 is 2.68 bits per heavy atom. The number of rotatable bonds is 6. The molecule has 1 aromatic carbocycles. The van der Waals surface area contributed by atoms with E-state index in [1.807, 2.05) is 31.2 Å². The number of aliphatic hydroxyl groups excluding tert-OH is 1. The zero-order valence-corrected chi connectivity index (χ0v) is 14.9. The van der Waals surface area contributed by atoms with Crippen molar-refractivity contribution in [2.24, 2.45) is 0 Å². The number of nitrogens with zero attached hydrogens (tertiary/aromatic N) is 1. The molecule has 1 heterocycles. The number of hydrogen-bond donors (Lipinski definition) is 2. The number of likely N-dealkylation sites (N-methyl/N-ethyl adjacent to an activating group) is 1. The van der Waals surface area contributed by atoms with Crippen LogP contribution in [0.5, 0.6) is 5.75 Å². The van der Waals surface area contributed by atoms with Crippen molar-refractivity contribution in [3.8, 4) is 5.75 Å². The van der Waals surface area contributed by atoms with E-state index in [1.165, 1.54) is 0 Å². The lowest BCUT2D eigenvalue weighted by molar-refractivity contribution is -0.133. The minimum Gasteiger partial charge on any atom is -0.492 e. The number of carbonyl (C=O) groups is 1. The molecule has 1 fully saturated rings. The van der Waals surface area contributed by atoms with Gasteiger partial charge >= 0.3 is 0 Å². The minimum atomic E-state index is -0.420. The molecular formula is C15H22BrClN2O3. The van der Waals surface area contributed by atoms with E-state index in [4.69, 9.17) is 4.74 Å². The van der Waals surface area contributed by atoms with Crippen LogP contribution in [-0.2, 0) is 4.79 Å². The highest BCUT2D eigenvalue weighted by Crippen LogP contribution is 2.16. The van der Waals surface area contributed by atoms with Crippen molar-refractivity contribution in [1.82, 2.24) is 10.2 Å². The van der Waals surface area contributed by atoms with E-state index in [0.29, 0.717) is 32.7 Å². The second kappa shape index (κ2) is 9.35. The van der Waals surface area contributed by atoms with E-state index >= 15 is 0 Å². The average Bonchev–Trinajstić information content (AvgIpc) is 2.91. The summed E-state index contributed by atoms with van der Waals surface area (Å²) in [5.74, 6) is 0.824. The summed E-state index contributed by atoms with van der Waals surface area (Å²) >= 11 is 3.37. The highest BCUT2D eigenvalue weighted by atomic mass is 79.9. The second-order valence-corrected chi connectivity index (χ2v) is 5.99. The Morgan fingerprint density at radius 2 is 2.14 bits per heavy atom. The smallest absolute Gasteiger partial charge is 0.239 e. The third kappa shape index (κ3) is 5.43. The normalized spacial score (nSPS) is 20.3. The molecule has 0 aliphatic carbocycles. The second-order valence-electron chi connectivity index (χ2n) is 5.07. The molecule has 2 rings (SSSR count). The largest absolute Gasteiger partial charge is 0.492 e. The third-order valence-electron chi connectivity index (χ3n) is 3.54. The van der Waals surface area contributed by atoms with Gasteiger partial charge in [0.05, 0.1) is 18.7 Å². The molecule has 2 atom stereocenters. The lowest BCUT2D eigenvalue weighted by Crippen LogP contribution is -2.45. The summed E-state index contributed by atoms with van der Waals surface area (Å²) in [5.41, 5.74) is 0. The van der Waals surface area contributed by atoms with Gasteiger partial charge in [0.1, 0.15) is 12.4 Å². The average molecular weight is 394 g/mol. The highest BCUT2D eigenvalue weighted by molar-refractivity contribution is 9.10. The number of carbonyl (C=O) groups excluding carboxylic acids is 1. The maximum atomic E-state index is 12.3. The van der Waals surface area contributed by atoms with Gasteiger partial charge in [-0.05, 0) is 37.6 Å². The molecule has 2 N–H and O–H groups in total. The molecule has 1 aliphatic heterocycles. The number of β-amino-alcohol motifs (C(OH)–C–C–N with tert-alkyl or cyclic N) is 1. The molecule has 0 aromatic heterocycles. The van der Waals surface area contributed by atoms with Gasteiger partial charge in [-0.1, -0.05) is 15.9 Å². The Morgan fingerprint density at radius 1 is 1.45 bits per heavy atom. The van der Waals surface area contributed by atoms with Crippen molar-refractivity contribution in [2.75, 3.05) is 26.2 Å². The molecule has 2 unspecified atom stereocenters. The number of ether oxygens (including phenoxy) is 1. The molecule has 7 heteroatoms. The highest BCUT2D eigenvalue weighted by Gasteiger charge is 2.30. The fourth-order valence-electron chi connectivity index (χ4n) is 2.35. The molecule has 0 bridgehead atoms. The lowest BCUT2D eigenvalue weighted by atomic mass is 10.2. The van der Waals surface area contributed by atoms with Crippen LogP contribution in [0.25, 0.3) is 0 Å². The number of aliphatic hydroxyl groups is 1. The van der Waals surface area contributed by atoms with Gasteiger partial charge in [0.25, 0.3) is 0 Å². The number of nitrogens with one attached hydrogen (secondary N) is 1. The van der Waals surface area contributed by atoms with E-state index < -0.39 is 6.10 Å². The first-order chi connectivity index (χ1) is 10.1. The van der Waals surface area contributed by atoms with Crippen LogP contribution in [0.15, 0.2) is 28.7 Å². The van der Waals surface area contributed by atoms with Crippen molar-refractivity contribution >= 4 is 34.2 Å². The van der Waals surface area contributed by atoms with E-state index in [0.717, 1.165) is 10.2 Å². The Labute approximate surface area is 145 Å². The van der Waals surface area contributed by atoms with Gasteiger partial charge in [-0.15, -0.1) is 12.4 Å². The van der Waals surface area contributed by atoms with Gasteiger partial charge in [-0.3, -0.25) is 4.79 Å². The van der Waals surface area contributed by atoms with Crippen LogP contribution in [0.1, 0.15) is 13.3 Å². The maximum Gasteiger partial charge on any atom is 0.239 e. The Balaban J connectivity index is 0.00000242. The van der Waals surface area contributed by atoms with E-state index in [2.05, 4.69) is 21.2 Å². The first-order valence-corrected chi connectivity index (χ1v) is 7.98. The summed E-state index contributed by atoms with van der Waals surface area (Å²) < 4.78 is 6.65. The fourth-order valence-corrected chi connectivity index (χ4v) is 2.62. The van der Waals surface area contributed by atoms with Gasteiger partial charge in [0.15, 0.2) is 0 Å². The SMILES string of the molecule is CCN(CCOc1ccc(Br)cc1)C(=O)C1CC(O)CN1.Cl. The molecule has 22 heavy (non-hydrogen) atoms. The van der Waals surface area contributed by atoms with Gasteiger partial charge in [0, 0.05) is 17.6 Å². The van der Waals surface area contributed by atoms with Gasteiger partial charge in [-0.2, -0.15) is 0 Å². The van der Waals surface area contributed by atoms with Crippen LogP contribution < -0.4 is 10.1 Å². The molecule has 1 aromatic rings. The molecule has 0 saturated carbocycles. The Bertz CT molecular complexity index is 472. The van der Waals surface area contributed by atoms with Crippen LogP contribution in [0.3, 0.4) is 0 Å². The number of hydrogen-bond acceptors (Lipinski definition) is 4. The summed E-state index contributed by atoms with van der Waals surface area (Å²) in [6, 6.07) is 7.34. The molecule has 1 amide bonds. The monoisotopic (exact) mass is 392 g/mol. The Hall–Kier alpha value is -0.820. The standard InChI is InChI=1S/C15H21BrN2O3.ClH/c1-2-18(15(20)14-9-12(19)10-17-14)7-8-21-13-5-3-11(16)4-6-13;/h3-6,12,14,17,19H,2,7-10H2,1H3;1H.